The molecule has 0 aliphatic carbocycles. The number of hydrogen-bond acceptors (Lipinski definition) is 4. The molecule has 0 aromatic heterocycles. The number of carbonyl (C=O) groups is 2. The lowest BCUT2D eigenvalue weighted by Gasteiger charge is -2.29. The van der Waals surface area contributed by atoms with Gasteiger partial charge < -0.3 is 15.0 Å². The molecule has 0 spiro atoms. The Morgan fingerprint density at radius 3 is 3.05 bits per heavy atom. The van der Waals surface area contributed by atoms with Crippen molar-refractivity contribution < 1.29 is 14.3 Å². The summed E-state index contributed by atoms with van der Waals surface area (Å²) < 4.78 is 5.29. The lowest BCUT2D eigenvalue weighted by molar-refractivity contribution is -0.138. The maximum Gasteiger partial charge on any atom is 0.243 e. The zero-order chi connectivity index (χ0) is 15.7. The molecule has 6 heteroatoms. The van der Waals surface area contributed by atoms with Gasteiger partial charge in [-0.3, -0.25) is 9.59 Å². The van der Waals surface area contributed by atoms with Gasteiger partial charge in [0.1, 0.15) is 11.8 Å². The first-order valence-electron chi connectivity index (χ1n) is 7.41. The third-order valence-corrected chi connectivity index (χ3v) is 5.90. The van der Waals surface area contributed by atoms with E-state index < -0.39 is 0 Å². The monoisotopic (exact) mass is 320 g/mol. The second-order valence-electron chi connectivity index (χ2n) is 5.80. The maximum absolute atomic E-state index is 12.5. The predicted octanol–water partition coefficient (Wildman–Crippen LogP) is 1.77. The van der Waals surface area contributed by atoms with Crippen LogP contribution in [0.25, 0.3) is 0 Å². The number of thioether (sulfide) groups is 1. The summed E-state index contributed by atoms with van der Waals surface area (Å²) in [6.07, 6.45) is 1.37. The number of carbonyl (C=O) groups excluding carboxylic acids is 2. The fourth-order valence-electron chi connectivity index (χ4n) is 3.16. The van der Waals surface area contributed by atoms with Crippen LogP contribution in [0.1, 0.15) is 25.3 Å². The second kappa shape index (κ2) is 5.83. The number of rotatable bonds is 4. The summed E-state index contributed by atoms with van der Waals surface area (Å²) in [6, 6.07) is 7.24. The summed E-state index contributed by atoms with van der Waals surface area (Å²) in [5.41, 5.74) is 0.930. The van der Waals surface area contributed by atoms with Crippen LogP contribution in [0.2, 0.25) is 0 Å². The molecule has 0 saturated carbocycles. The Bertz CT molecular complexity index is 607. The van der Waals surface area contributed by atoms with Gasteiger partial charge in [-0.15, -0.1) is 11.8 Å². The summed E-state index contributed by atoms with van der Waals surface area (Å²) in [5, 5.41) is 2.94. The molecule has 118 valence electrons. The van der Waals surface area contributed by atoms with E-state index in [1.807, 2.05) is 24.3 Å². The number of methoxy groups -OCH3 is 1. The third kappa shape index (κ3) is 2.56. The van der Waals surface area contributed by atoms with E-state index in [0.29, 0.717) is 18.7 Å². The van der Waals surface area contributed by atoms with E-state index in [1.165, 1.54) is 0 Å². The average Bonchev–Trinajstić information content (AvgIpc) is 3.02. The van der Waals surface area contributed by atoms with Crippen molar-refractivity contribution in [3.05, 3.63) is 29.8 Å². The van der Waals surface area contributed by atoms with Crippen LogP contribution >= 0.6 is 11.8 Å². The van der Waals surface area contributed by atoms with E-state index in [2.05, 4.69) is 12.2 Å². The van der Waals surface area contributed by atoms with Gasteiger partial charge in [-0.25, -0.2) is 0 Å². The van der Waals surface area contributed by atoms with Gasteiger partial charge in [-0.05, 0) is 19.4 Å². The zero-order valence-electron chi connectivity index (χ0n) is 12.8. The fraction of sp³-hybridized carbons (Fsp3) is 0.500. The smallest absolute Gasteiger partial charge is 0.243 e. The van der Waals surface area contributed by atoms with Crippen molar-refractivity contribution in [3.63, 3.8) is 0 Å². The van der Waals surface area contributed by atoms with Crippen LogP contribution in [0.15, 0.2) is 24.3 Å². The van der Waals surface area contributed by atoms with E-state index in [4.69, 9.17) is 4.74 Å². The summed E-state index contributed by atoms with van der Waals surface area (Å²) in [5.74, 6) is 1.42. The molecule has 1 aromatic rings. The molecule has 0 radical (unpaired) electrons. The van der Waals surface area contributed by atoms with E-state index in [1.54, 1.807) is 23.8 Å². The molecule has 0 bridgehead atoms. The number of benzene rings is 1. The van der Waals surface area contributed by atoms with Gasteiger partial charge in [-0.1, -0.05) is 18.2 Å². The van der Waals surface area contributed by atoms with Gasteiger partial charge in [0.25, 0.3) is 0 Å². The second-order valence-corrected chi connectivity index (χ2v) is 7.30. The van der Waals surface area contributed by atoms with Gasteiger partial charge in [-0.2, -0.15) is 0 Å². The van der Waals surface area contributed by atoms with E-state index in [-0.39, 0.29) is 22.7 Å². The SMILES string of the molecule is COc1ccccc1CNC(=O)[C@H]1CS[C@@]2(C)CCC(=O)N12. The molecule has 0 unspecified atom stereocenters. The van der Waals surface area contributed by atoms with Gasteiger partial charge in [0, 0.05) is 24.3 Å². The number of hydrogen-bond donors (Lipinski definition) is 1. The van der Waals surface area contributed by atoms with Crippen molar-refractivity contribution in [3.8, 4) is 5.75 Å². The van der Waals surface area contributed by atoms with Crippen molar-refractivity contribution in [1.29, 1.82) is 0 Å². The largest absolute Gasteiger partial charge is 0.496 e. The maximum atomic E-state index is 12.5. The van der Waals surface area contributed by atoms with Crippen LogP contribution in [0.5, 0.6) is 5.75 Å². The predicted molar refractivity (Wildman–Crippen MR) is 85.6 cm³/mol. The summed E-state index contributed by atoms with van der Waals surface area (Å²) in [4.78, 5) is 26.1. The molecule has 2 fully saturated rings. The average molecular weight is 320 g/mol. The fourth-order valence-corrected chi connectivity index (χ4v) is 4.60. The van der Waals surface area contributed by atoms with Crippen LogP contribution < -0.4 is 10.1 Å². The van der Waals surface area contributed by atoms with Gasteiger partial charge in [0.05, 0.1) is 12.0 Å². The molecule has 2 heterocycles. The highest BCUT2D eigenvalue weighted by atomic mass is 32.2. The number of ether oxygens (including phenoxy) is 1. The molecule has 1 N–H and O–H groups in total. The number of nitrogens with zero attached hydrogens (tertiary/aromatic N) is 1. The Balaban J connectivity index is 1.67. The first kappa shape index (κ1) is 15.2. The summed E-state index contributed by atoms with van der Waals surface area (Å²) in [6.45, 7) is 2.46. The molecule has 22 heavy (non-hydrogen) atoms. The Morgan fingerprint density at radius 2 is 2.27 bits per heavy atom. The molecule has 2 aliphatic rings. The molecule has 2 saturated heterocycles. The van der Waals surface area contributed by atoms with Crippen LogP contribution in [0.3, 0.4) is 0 Å². The van der Waals surface area contributed by atoms with E-state index in [9.17, 15) is 9.59 Å². The highest BCUT2D eigenvalue weighted by Gasteiger charge is 2.52. The summed E-state index contributed by atoms with van der Waals surface area (Å²) in [7, 11) is 1.61. The van der Waals surface area contributed by atoms with Crippen LogP contribution in [-0.4, -0.2) is 40.5 Å². The molecule has 3 rings (SSSR count). The quantitative estimate of drug-likeness (QED) is 0.918. The standard InChI is InChI=1S/C16H20N2O3S/c1-16-8-7-14(19)18(16)12(10-22-16)15(20)17-9-11-5-3-4-6-13(11)21-2/h3-6,12H,7-10H2,1-2H3,(H,17,20)/t12-,16+/m1/s1. The molecule has 2 aliphatic heterocycles. The Labute approximate surface area is 134 Å². The van der Waals surface area contributed by atoms with Gasteiger partial charge in [0.2, 0.25) is 11.8 Å². The molecular formula is C16H20N2O3S. The molecular weight excluding hydrogens is 300 g/mol. The lowest BCUT2D eigenvalue weighted by atomic mass is 10.2. The number of amides is 2. The topological polar surface area (TPSA) is 58.6 Å². The Morgan fingerprint density at radius 1 is 1.50 bits per heavy atom. The van der Waals surface area contributed by atoms with Crippen LogP contribution in [0, 0.1) is 0 Å². The summed E-state index contributed by atoms with van der Waals surface area (Å²) >= 11 is 1.70. The van der Waals surface area contributed by atoms with Crippen LogP contribution in [-0.2, 0) is 16.1 Å². The van der Waals surface area contributed by atoms with Crippen molar-refractivity contribution in [2.75, 3.05) is 12.9 Å². The molecule has 1 aromatic carbocycles. The van der Waals surface area contributed by atoms with Gasteiger partial charge in [0.15, 0.2) is 0 Å². The highest BCUT2D eigenvalue weighted by Crippen LogP contribution is 2.47. The number of para-hydroxylation sites is 1. The molecule has 5 nitrogen and oxygen atoms in total. The minimum absolute atomic E-state index is 0.0858. The first-order valence-corrected chi connectivity index (χ1v) is 8.39. The Kier molecular flexibility index (Phi) is 4.04. The van der Waals surface area contributed by atoms with Crippen molar-refractivity contribution in [2.24, 2.45) is 0 Å². The minimum Gasteiger partial charge on any atom is -0.496 e. The first-order chi connectivity index (χ1) is 10.5. The van der Waals surface area contributed by atoms with E-state index >= 15 is 0 Å². The number of fused-ring (bicyclic) bond motifs is 1. The van der Waals surface area contributed by atoms with Crippen LogP contribution in [0.4, 0.5) is 0 Å². The van der Waals surface area contributed by atoms with Crippen molar-refractivity contribution in [1.82, 2.24) is 10.2 Å². The molecule has 2 amide bonds. The molecule has 2 atom stereocenters. The normalized spacial score (nSPS) is 26.9. The highest BCUT2D eigenvalue weighted by molar-refractivity contribution is 8.01. The van der Waals surface area contributed by atoms with Crippen molar-refractivity contribution in [2.45, 2.75) is 37.2 Å². The Hall–Kier alpha value is -1.69. The number of nitrogens with one attached hydrogen (secondary N) is 1. The zero-order valence-corrected chi connectivity index (χ0v) is 13.6. The van der Waals surface area contributed by atoms with Crippen molar-refractivity contribution >= 4 is 23.6 Å². The van der Waals surface area contributed by atoms with Gasteiger partial charge >= 0.3 is 0 Å². The van der Waals surface area contributed by atoms with E-state index in [0.717, 1.165) is 17.7 Å². The lowest BCUT2D eigenvalue weighted by Crippen LogP contribution is -2.49. The minimum atomic E-state index is -0.361. The third-order valence-electron chi connectivity index (χ3n) is 4.39.